The number of hydrogen-bond acceptors (Lipinski definition) is 3. The molecule has 1 aromatic rings. The van der Waals surface area contributed by atoms with Gasteiger partial charge in [0, 0.05) is 13.2 Å². The Morgan fingerprint density at radius 3 is 2.58 bits per heavy atom. The number of nitrogens with zero attached hydrogens (tertiary/aromatic N) is 1. The van der Waals surface area contributed by atoms with Crippen molar-refractivity contribution in [2.24, 2.45) is 0 Å². The summed E-state index contributed by atoms with van der Waals surface area (Å²) in [6.45, 7) is -0.0992. The Hall–Kier alpha value is -1.00. The highest BCUT2D eigenvalue weighted by Gasteiger charge is 2.12. The van der Waals surface area contributed by atoms with Crippen molar-refractivity contribution in [3.8, 4) is 0 Å². The molecule has 0 aliphatic carbocycles. The van der Waals surface area contributed by atoms with E-state index in [-0.39, 0.29) is 19.3 Å². The SMILES string of the molecule is CN(c1ccc[nH]1)C(CO)CO. The van der Waals surface area contributed by atoms with E-state index in [1.165, 1.54) is 0 Å². The maximum atomic E-state index is 8.88. The molecule has 1 aromatic heterocycles. The first kappa shape index (κ1) is 9.09. The predicted molar refractivity (Wildman–Crippen MR) is 47.2 cm³/mol. The standard InChI is InChI=1S/C8H14N2O2/c1-10(7(5-11)6-12)8-3-2-4-9-8/h2-4,7,9,11-12H,5-6H2,1H3. The van der Waals surface area contributed by atoms with Crippen LogP contribution in [-0.4, -0.2) is 41.5 Å². The Balaban J connectivity index is 2.63. The lowest BCUT2D eigenvalue weighted by Crippen LogP contribution is -2.37. The average Bonchev–Trinajstić information content (AvgIpc) is 2.58. The van der Waals surface area contributed by atoms with Gasteiger partial charge in [-0.1, -0.05) is 0 Å². The van der Waals surface area contributed by atoms with Crippen molar-refractivity contribution in [2.75, 3.05) is 25.2 Å². The van der Waals surface area contributed by atoms with Crippen molar-refractivity contribution in [2.45, 2.75) is 6.04 Å². The number of aromatic nitrogens is 1. The van der Waals surface area contributed by atoms with Crippen LogP contribution in [-0.2, 0) is 0 Å². The van der Waals surface area contributed by atoms with Crippen LogP contribution in [0.2, 0.25) is 0 Å². The zero-order chi connectivity index (χ0) is 8.97. The molecule has 0 aromatic carbocycles. The highest BCUT2D eigenvalue weighted by atomic mass is 16.3. The second-order valence-electron chi connectivity index (χ2n) is 2.69. The van der Waals surface area contributed by atoms with Gasteiger partial charge in [-0.2, -0.15) is 0 Å². The Labute approximate surface area is 71.4 Å². The number of aromatic amines is 1. The normalized spacial score (nSPS) is 10.7. The van der Waals surface area contributed by atoms with Gasteiger partial charge in [0.15, 0.2) is 0 Å². The number of aliphatic hydroxyl groups excluding tert-OH is 2. The zero-order valence-corrected chi connectivity index (χ0v) is 7.07. The van der Waals surface area contributed by atoms with Gasteiger partial charge in [0.1, 0.15) is 5.82 Å². The van der Waals surface area contributed by atoms with Crippen molar-refractivity contribution in [3.05, 3.63) is 18.3 Å². The second-order valence-corrected chi connectivity index (χ2v) is 2.69. The topological polar surface area (TPSA) is 59.5 Å². The Morgan fingerprint density at radius 2 is 2.17 bits per heavy atom. The fourth-order valence-corrected chi connectivity index (χ4v) is 1.04. The van der Waals surface area contributed by atoms with Crippen molar-refractivity contribution in [1.82, 2.24) is 4.98 Å². The maximum absolute atomic E-state index is 8.88. The minimum absolute atomic E-state index is 0.0496. The summed E-state index contributed by atoms with van der Waals surface area (Å²) in [4.78, 5) is 4.80. The first-order valence-electron chi connectivity index (χ1n) is 3.87. The van der Waals surface area contributed by atoms with Gasteiger partial charge in [0.2, 0.25) is 0 Å². The minimum Gasteiger partial charge on any atom is -0.394 e. The summed E-state index contributed by atoms with van der Waals surface area (Å²) in [7, 11) is 1.82. The number of H-pyrrole nitrogens is 1. The van der Waals surface area contributed by atoms with Gasteiger partial charge in [-0.15, -0.1) is 0 Å². The molecule has 68 valence electrons. The summed E-state index contributed by atoms with van der Waals surface area (Å²) in [5, 5.41) is 17.8. The molecular weight excluding hydrogens is 156 g/mol. The molecule has 0 fully saturated rings. The molecule has 0 radical (unpaired) electrons. The van der Waals surface area contributed by atoms with E-state index in [4.69, 9.17) is 10.2 Å². The first-order valence-corrected chi connectivity index (χ1v) is 3.87. The quantitative estimate of drug-likeness (QED) is 0.586. The number of anilines is 1. The van der Waals surface area contributed by atoms with Crippen molar-refractivity contribution in [3.63, 3.8) is 0 Å². The largest absolute Gasteiger partial charge is 0.394 e. The Kier molecular flexibility index (Phi) is 3.13. The van der Waals surface area contributed by atoms with Crippen molar-refractivity contribution in [1.29, 1.82) is 0 Å². The number of likely N-dealkylation sites (N-methyl/N-ethyl adjacent to an activating group) is 1. The zero-order valence-electron chi connectivity index (χ0n) is 7.07. The molecule has 0 saturated heterocycles. The van der Waals surface area contributed by atoms with Crippen LogP contribution >= 0.6 is 0 Å². The molecule has 4 nitrogen and oxygen atoms in total. The molecule has 0 bridgehead atoms. The van der Waals surface area contributed by atoms with Crippen LogP contribution in [0.25, 0.3) is 0 Å². The fraction of sp³-hybridized carbons (Fsp3) is 0.500. The summed E-state index contributed by atoms with van der Waals surface area (Å²) in [6.07, 6.45) is 1.80. The molecule has 3 N–H and O–H groups in total. The maximum Gasteiger partial charge on any atom is 0.105 e. The van der Waals surface area contributed by atoms with E-state index in [0.29, 0.717) is 0 Å². The molecule has 0 amide bonds. The molecule has 0 aliphatic rings. The molecule has 1 rings (SSSR count). The van der Waals surface area contributed by atoms with E-state index in [1.807, 2.05) is 19.2 Å². The van der Waals surface area contributed by atoms with Crippen LogP contribution in [0.4, 0.5) is 5.82 Å². The van der Waals surface area contributed by atoms with E-state index in [9.17, 15) is 0 Å². The molecular formula is C8H14N2O2. The predicted octanol–water partition coefficient (Wildman–Crippen LogP) is -0.196. The molecule has 0 atom stereocenters. The summed E-state index contributed by atoms with van der Waals surface area (Å²) in [5.41, 5.74) is 0. The lowest BCUT2D eigenvalue weighted by atomic mass is 10.3. The molecule has 0 aliphatic heterocycles. The third-order valence-corrected chi connectivity index (χ3v) is 1.93. The van der Waals surface area contributed by atoms with Crippen LogP contribution in [0.5, 0.6) is 0 Å². The molecule has 0 saturated carbocycles. The number of aliphatic hydroxyl groups is 2. The van der Waals surface area contributed by atoms with Crippen molar-refractivity contribution >= 4 is 5.82 Å². The summed E-state index contributed by atoms with van der Waals surface area (Å²) < 4.78 is 0. The third-order valence-electron chi connectivity index (χ3n) is 1.93. The molecule has 0 spiro atoms. The van der Waals surface area contributed by atoms with Gasteiger partial charge in [0.05, 0.1) is 19.3 Å². The summed E-state index contributed by atoms with van der Waals surface area (Å²) in [6, 6.07) is 3.53. The second kappa shape index (κ2) is 4.13. The van der Waals surface area contributed by atoms with Gasteiger partial charge in [-0.05, 0) is 12.1 Å². The van der Waals surface area contributed by atoms with Crippen LogP contribution in [0, 0.1) is 0 Å². The van der Waals surface area contributed by atoms with Crippen molar-refractivity contribution < 1.29 is 10.2 Å². The van der Waals surface area contributed by atoms with Crippen LogP contribution in [0.15, 0.2) is 18.3 Å². The number of hydrogen-bond donors (Lipinski definition) is 3. The van der Waals surface area contributed by atoms with E-state index < -0.39 is 0 Å². The van der Waals surface area contributed by atoms with Crippen LogP contribution in [0.3, 0.4) is 0 Å². The summed E-state index contributed by atoms with van der Waals surface area (Å²) in [5.74, 6) is 0.892. The van der Waals surface area contributed by atoms with E-state index in [2.05, 4.69) is 4.98 Å². The van der Waals surface area contributed by atoms with E-state index in [1.54, 1.807) is 11.1 Å². The molecule has 4 heteroatoms. The van der Waals surface area contributed by atoms with E-state index >= 15 is 0 Å². The monoisotopic (exact) mass is 170 g/mol. The highest BCUT2D eigenvalue weighted by molar-refractivity contribution is 5.38. The third kappa shape index (κ3) is 1.78. The minimum atomic E-state index is -0.233. The van der Waals surface area contributed by atoms with Gasteiger partial charge in [-0.3, -0.25) is 0 Å². The average molecular weight is 170 g/mol. The van der Waals surface area contributed by atoms with Gasteiger partial charge in [-0.25, -0.2) is 0 Å². The first-order chi connectivity index (χ1) is 5.79. The fourth-order valence-electron chi connectivity index (χ4n) is 1.04. The number of nitrogens with one attached hydrogen (secondary N) is 1. The Morgan fingerprint density at radius 1 is 1.50 bits per heavy atom. The van der Waals surface area contributed by atoms with Gasteiger partial charge in [0.25, 0.3) is 0 Å². The summed E-state index contributed by atoms with van der Waals surface area (Å²) >= 11 is 0. The van der Waals surface area contributed by atoms with Gasteiger partial charge < -0.3 is 20.1 Å². The van der Waals surface area contributed by atoms with E-state index in [0.717, 1.165) is 5.82 Å². The number of rotatable bonds is 4. The van der Waals surface area contributed by atoms with Crippen LogP contribution in [0.1, 0.15) is 0 Å². The molecule has 1 heterocycles. The highest BCUT2D eigenvalue weighted by Crippen LogP contribution is 2.10. The smallest absolute Gasteiger partial charge is 0.105 e. The van der Waals surface area contributed by atoms with Crippen LogP contribution < -0.4 is 4.90 Å². The Bertz CT molecular complexity index is 207. The lowest BCUT2D eigenvalue weighted by Gasteiger charge is -2.25. The molecule has 12 heavy (non-hydrogen) atoms. The lowest BCUT2D eigenvalue weighted by molar-refractivity contribution is 0.190. The molecule has 0 unspecified atom stereocenters. The van der Waals surface area contributed by atoms with Gasteiger partial charge >= 0.3 is 0 Å².